The van der Waals surface area contributed by atoms with Gasteiger partial charge in [-0.15, -0.1) is 0 Å². The van der Waals surface area contributed by atoms with Crippen molar-refractivity contribution in [1.29, 1.82) is 0 Å². The number of hydrogen-bond donors (Lipinski definition) is 2. The number of nitrogens with one attached hydrogen (secondary N) is 1. The van der Waals surface area contributed by atoms with Crippen molar-refractivity contribution < 1.29 is 9.53 Å². The lowest BCUT2D eigenvalue weighted by Gasteiger charge is -2.11. The van der Waals surface area contributed by atoms with Crippen molar-refractivity contribution in [1.82, 2.24) is 5.43 Å². The average molecular weight is 299 g/mol. The number of halogens is 1. The van der Waals surface area contributed by atoms with E-state index in [4.69, 9.17) is 10.6 Å². The second-order valence-corrected chi connectivity index (χ2v) is 4.55. The molecule has 1 aromatic carbocycles. The van der Waals surface area contributed by atoms with E-state index < -0.39 is 0 Å². The van der Waals surface area contributed by atoms with Crippen molar-refractivity contribution in [3.63, 3.8) is 0 Å². The fourth-order valence-electron chi connectivity index (χ4n) is 1.19. The van der Waals surface area contributed by atoms with Crippen LogP contribution in [0.4, 0.5) is 0 Å². The van der Waals surface area contributed by atoms with Gasteiger partial charge in [-0.05, 0) is 53.5 Å². The molecule has 0 aromatic heterocycles. The lowest BCUT2D eigenvalue weighted by Crippen LogP contribution is -2.27. The van der Waals surface area contributed by atoms with Crippen LogP contribution in [0, 0.1) is 0 Å². The second-order valence-electron chi connectivity index (χ2n) is 3.70. The molecule has 1 aromatic rings. The zero-order valence-electron chi connectivity index (χ0n) is 9.74. The van der Waals surface area contributed by atoms with E-state index in [1.165, 1.54) is 6.08 Å². The van der Waals surface area contributed by atoms with Crippen LogP contribution in [0.5, 0.6) is 5.75 Å². The van der Waals surface area contributed by atoms with E-state index in [0.29, 0.717) is 0 Å². The minimum absolute atomic E-state index is 0.121. The molecule has 1 rings (SSSR count). The molecule has 0 aliphatic carbocycles. The van der Waals surface area contributed by atoms with Crippen molar-refractivity contribution in [2.24, 2.45) is 5.84 Å². The third kappa shape index (κ3) is 4.58. The SMILES string of the molecule is CC(C)Oc1ccc(C=CC(=O)NN)cc1Br. The number of rotatable bonds is 4. The Hall–Kier alpha value is -1.33. The van der Waals surface area contributed by atoms with Gasteiger partial charge in [0, 0.05) is 6.08 Å². The van der Waals surface area contributed by atoms with Crippen LogP contribution < -0.4 is 16.0 Å². The molecule has 5 heteroatoms. The predicted octanol–water partition coefficient (Wildman–Crippen LogP) is 2.24. The Morgan fingerprint density at radius 1 is 1.53 bits per heavy atom. The first-order chi connectivity index (χ1) is 8.02. The highest BCUT2D eigenvalue weighted by atomic mass is 79.9. The summed E-state index contributed by atoms with van der Waals surface area (Å²) in [5.74, 6) is 5.40. The predicted molar refractivity (Wildman–Crippen MR) is 71.3 cm³/mol. The molecule has 17 heavy (non-hydrogen) atoms. The third-order valence-corrected chi connectivity index (χ3v) is 2.51. The van der Waals surface area contributed by atoms with Crippen LogP contribution in [0.1, 0.15) is 19.4 Å². The molecule has 0 radical (unpaired) electrons. The number of amides is 1. The summed E-state index contributed by atoms with van der Waals surface area (Å²) >= 11 is 3.42. The minimum atomic E-state index is -0.344. The topological polar surface area (TPSA) is 64.3 Å². The van der Waals surface area contributed by atoms with Crippen molar-refractivity contribution in [3.8, 4) is 5.75 Å². The van der Waals surface area contributed by atoms with Gasteiger partial charge >= 0.3 is 0 Å². The van der Waals surface area contributed by atoms with E-state index in [-0.39, 0.29) is 12.0 Å². The molecular formula is C12H15BrN2O2. The first-order valence-corrected chi connectivity index (χ1v) is 5.97. The van der Waals surface area contributed by atoms with E-state index in [2.05, 4.69) is 15.9 Å². The van der Waals surface area contributed by atoms with Gasteiger partial charge in [0.05, 0.1) is 10.6 Å². The summed E-state index contributed by atoms with van der Waals surface area (Å²) in [7, 11) is 0. The van der Waals surface area contributed by atoms with E-state index in [0.717, 1.165) is 15.8 Å². The highest BCUT2D eigenvalue weighted by molar-refractivity contribution is 9.10. The lowest BCUT2D eigenvalue weighted by molar-refractivity contribution is -0.116. The Bertz CT molecular complexity index is 431. The van der Waals surface area contributed by atoms with Gasteiger partial charge < -0.3 is 4.74 Å². The van der Waals surface area contributed by atoms with E-state index in [1.54, 1.807) is 6.08 Å². The van der Waals surface area contributed by atoms with Gasteiger partial charge in [-0.3, -0.25) is 10.2 Å². The average Bonchev–Trinajstić information content (AvgIpc) is 2.28. The Kier molecular flexibility index (Phi) is 5.18. The van der Waals surface area contributed by atoms with Crippen LogP contribution in [0.2, 0.25) is 0 Å². The van der Waals surface area contributed by atoms with E-state index >= 15 is 0 Å². The number of carbonyl (C=O) groups is 1. The molecule has 3 N–H and O–H groups in total. The largest absolute Gasteiger partial charge is 0.490 e. The summed E-state index contributed by atoms with van der Waals surface area (Å²) < 4.78 is 6.43. The number of benzene rings is 1. The summed E-state index contributed by atoms with van der Waals surface area (Å²) in [6.07, 6.45) is 3.16. The Balaban J connectivity index is 2.82. The Labute approximate surface area is 109 Å². The first kappa shape index (κ1) is 13.7. The second kappa shape index (κ2) is 6.42. The Morgan fingerprint density at radius 2 is 2.24 bits per heavy atom. The molecule has 0 aliphatic heterocycles. The summed E-state index contributed by atoms with van der Waals surface area (Å²) in [5, 5.41) is 0. The van der Waals surface area contributed by atoms with Gasteiger partial charge in [-0.1, -0.05) is 6.07 Å². The van der Waals surface area contributed by atoms with E-state index in [9.17, 15) is 4.79 Å². The number of carbonyl (C=O) groups excluding carboxylic acids is 1. The summed E-state index contributed by atoms with van der Waals surface area (Å²) in [4.78, 5) is 10.9. The van der Waals surface area contributed by atoms with Gasteiger partial charge in [0.25, 0.3) is 5.91 Å². The monoisotopic (exact) mass is 298 g/mol. The van der Waals surface area contributed by atoms with Gasteiger partial charge in [0.2, 0.25) is 0 Å². The molecule has 0 unspecified atom stereocenters. The van der Waals surface area contributed by atoms with Crippen molar-refractivity contribution in [3.05, 3.63) is 34.3 Å². The van der Waals surface area contributed by atoms with Crippen LogP contribution >= 0.6 is 15.9 Å². The van der Waals surface area contributed by atoms with Gasteiger partial charge in [-0.25, -0.2) is 5.84 Å². The highest BCUT2D eigenvalue weighted by Gasteiger charge is 2.03. The molecule has 1 amide bonds. The zero-order valence-corrected chi connectivity index (χ0v) is 11.3. The molecule has 0 spiro atoms. The number of hydrazine groups is 1. The van der Waals surface area contributed by atoms with Crippen LogP contribution in [0.15, 0.2) is 28.7 Å². The van der Waals surface area contributed by atoms with E-state index in [1.807, 2.05) is 37.5 Å². The maximum Gasteiger partial charge on any atom is 0.257 e. The third-order valence-electron chi connectivity index (χ3n) is 1.89. The molecule has 0 heterocycles. The Morgan fingerprint density at radius 3 is 2.76 bits per heavy atom. The smallest absolute Gasteiger partial charge is 0.257 e. The van der Waals surface area contributed by atoms with Gasteiger partial charge in [0.1, 0.15) is 5.75 Å². The zero-order chi connectivity index (χ0) is 12.8. The number of nitrogens with two attached hydrogens (primary N) is 1. The molecule has 0 fully saturated rings. The lowest BCUT2D eigenvalue weighted by atomic mass is 10.2. The molecule has 0 saturated heterocycles. The van der Waals surface area contributed by atoms with Crippen LogP contribution in [0.3, 0.4) is 0 Å². The molecule has 92 valence electrons. The maximum atomic E-state index is 10.9. The maximum absolute atomic E-state index is 10.9. The molecule has 0 bridgehead atoms. The molecular weight excluding hydrogens is 284 g/mol. The van der Waals surface area contributed by atoms with Crippen LogP contribution in [0.25, 0.3) is 6.08 Å². The normalized spacial score (nSPS) is 10.9. The molecule has 0 aliphatic rings. The summed E-state index contributed by atoms with van der Waals surface area (Å²) in [5.41, 5.74) is 2.91. The molecule has 4 nitrogen and oxygen atoms in total. The summed E-state index contributed by atoms with van der Waals surface area (Å²) in [6.45, 7) is 3.93. The number of ether oxygens (including phenoxy) is 1. The van der Waals surface area contributed by atoms with Crippen molar-refractivity contribution >= 4 is 27.9 Å². The van der Waals surface area contributed by atoms with Gasteiger partial charge in [-0.2, -0.15) is 0 Å². The van der Waals surface area contributed by atoms with Crippen molar-refractivity contribution in [2.75, 3.05) is 0 Å². The molecule has 0 atom stereocenters. The fourth-order valence-corrected chi connectivity index (χ4v) is 1.68. The number of hydrogen-bond acceptors (Lipinski definition) is 3. The highest BCUT2D eigenvalue weighted by Crippen LogP contribution is 2.27. The quantitative estimate of drug-likeness (QED) is 0.388. The minimum Gasteiger partial charge on any atom is -0.490 e. The first-order valence-electron chi connectivity index (χ1n) is 5.18. The standard InChI is InChI=1S/C12H15BrN2O2/c1-8(2)17-11-5-3-9(7-10(11)13)4-6-12(16)15-14/h3-8H,14H2,1-2H3,(H,15,16). The molecule has 0 saturated carbocycles. The van der Waals surface area contributed by atoms with Crippen LogP contribution in [-0.4, -0.2) is 12.0 Å². The van der Waals surface area contributed by atoms with Crippen molar-refractivity contribution in [2.45, 2.75) is 20.0 Å². The van der Waals surface area contributed by atoms with Gasteiger partial charge in [0.15, 0.2) is 0 Å². The summed E-state index contributed by atoms with van der Waals surface area (Å²) in [6, 6.07) is 5.59. The van der Waals surface area contributed by atoms with Crippen LogP contribution in [-0.2, 0) is 4.79 Å². The fraction of sp³-hybridized carbons (Fsp3) is 0.250.